The van der Waals surface area contributed by atoms with Gasteiger partial charge in [-0.2, -0.15) is 0 Å². The monoisotopic (exact) mass is 365 g/mol. The minimum absolute atomic E-state index is 0.0560. The van der Waals surface area contributed by atoms with Gasteiger partial charge in [0.1, 0.15) is 11.4 Å². The Morgan fingerprint density at radius 1 is 0.885 bits per heavy atom. The normalized spacial score (nSPS) is 16.9. The molecule has 0 bridgehead atoms. The number of hydrogen-bond acceptors (Lipinski definition) is 5. The van der Waals surface area contributed by atoms with Crippen molar-refractivity contribution < 1.29 is 14.3 Å². The molecule has 5 heteroatoms. The Hall–Kier alpha value is -2.53. The van der Waals surface area contributed by atoms with Crippen LogP contribution in [0, 0.1) is 0 Å². The van der Waals surface area contributed by atoms with Gasteiger partial charge in [0.25, 0.3) is 0 Å². The van der Waals surface area contributed by atoms with E-state index in [1.54, 1.807) is 25.3 Å². The zero-order valence-corrected chi connectivity index (χ0v) is 15.3. The topological polar surface area (TPSA) is 46.6 Å². The summed E-state index contributed by atoms with van der Waals surface area (Å²) in [6.45, 7) is 1.62. The van der Waals surface area contributed by atoms with Crippen molar-refractivity contribution in [2.24, 2.45) is 0 Å². The Bertz CT molecular complexity index is 913. The van der Waals surface area contributed by atoms with Crippen LogP contribution in [0.5, 0.6) is 5.75 Å². The molecule has 26 heavy (non-hydrogen) atoms. The van der Waals surface area contributed by atoms with Crippen molar-refractivity contribution in [3.8, 4) is 5.75 Å². The summed E-state index contributed by atoms with van der Waals surface area (Å²) in [6.07, 6.45) is 2.08. The molecule has 1 saturated heterocycles. The molecule has 0 saturated carbocycles. The van der Waals surface area contributed by atoms with Crippen molar-refractivity contribution in [3.05, 3.63) is 70.3 Å². The van der Waals surface area contributed by atoms with Crippen LogP contribution in [0.25, 0.3) is 0 Å². The van der Waals surface area contributed by atoms with Gasteiger partial charge in [-0.15, -0.1) is 0 Å². The number of hydrogen-bond donors (Lipinski definition) is 0. The molecule has 132 valence electrons. The molecule has 0 N–H and O–H groups in total. The number of allylic oxidation sites excluding steroid dienone is 2. The van der Waals surface area contributed by atoms with Crippen LogP contribution in [0.4, 0.5) is 0 Å². The summed E-state index contributed by atoms with van der Waals surface area (Å²) in [5.74, 6) is 0.558. The van der Waals surface area contributed by atoms with Crippen LogP contribution >= 0.6 is 11.8 Å². The molecule has 2 aliphatic rings. The standard InChI is InChI=1S/C21H19NO3S/c1-25-16-10-4-5-11-17(16)26-21-18(22-12-6-7-13-22)19(23)14-8-2-3-9-15(14)20(21)24/h2-5,8-11H,6-7,12-13H2,1H3. The molecule has 0 amide bonds. The Kier molecular flexibility index (Phi) is 4.55. The fourth-order valence-electron chi connectivity index (χ4n) is 3.48. The number of carbonyl (C=O) groups is 2. The molecule has 1 aliphatic carbocycles. The second kappa shape index (κ2) is 7.00. The van der Waals surface area contributed by atoms with Crippen LogP contribution in [-0.4, -0.2) is 36.7 Å². The fourth-order valence-corrected chi connectivity index (χ4v) is 4.61. The van der Waals surface area contributed by atoms with Gasteiger partial charge in [0, 0.05) is 24.2 Å². The molecule has 0 aromatic heterocycles. The van der Waals surface area contributed by atoms with Gasteiger partial charge in [-0.25, -0.2) is 0 Å². The number of ketones is 2. The van der Waals surface area contributed by atoms with Gasteiger partial charge in [0.2, 0.25) is 11.6 Å². The van der Waals surface area contributed by atoms with Gasteiger partial charge in [-0.05, 0) is 25.0 Å². The van der Waals surface area contributed by atoms with E-state index in [0.717, 1.165) is 30.8 Å². The smallest absolute Gasteiger partial charge is 0.211 e. The summed E-state index contributed by atoms with van der Waals surface area (Å²) in [4.78, 5) is 29.8. The first-order valence-corrected chi connectivity index (χ1v) is 9.51. The summed E-state index contributed by atoms with van der Waals surface area (Å²) in [5, 5.41) is 0. The minimum atomic E-state index is -0.0852. The lowest BCUT2D eigenvalue weighted by Crippen LogP contribution is -2.32. The highest BCUT2D eigenvalue weighted by atomic mass is 32.2. The number of carbonyl (C=O) groups excluding carboxylic acids is 2. The maximum Gasteiger partial charge on any atom is 0.211 e. The van der Waals surface area contributed by atoms with Crippen molar-refractivity contribution in [1.29, 1.82) is 0 Å². The summed E-state index contributed by atoms with van der Waals surface area (Å²) in [6, 6.07) is 14.7. The molecular formula is C21H19NO3S. The first kappa shape index (κ1) is 16.9. The third-order valence-electron chi connectivity index (χ3n) is 4.76. The third-order valence-corrected chi connectivity index (χ3v) is 5.90. The summed E-state index contributed by atoms with van der Waals surface area (Å²) in [7, 11) is 1.61. The van der Waals surface area contributed by atoms with E-state index in [1.165, 1.54) is 11.8 Å². The average molecular weight is 365 g/mol. The molecule has 0 radical (unpaired) electrons. The number of rotatable bonds is 4. The highest BCUT2D eigenvalue weighted by Gasteiger charge is 2.36. The number of ether oxygens (including phenoxy) is 1. The molecule has 4 nitrogen and oxygen atoms in total. The number of methoxy groups -OCH3 is 1. The van der Waals surface area contributed by atoms with E-state index in [9.17, 15) is 9.59 Å². The van der Waals surface area contributed by atoms with E-state index in [1.807, 2.05) is 30.3 Å². The maximum atomic E-state index is 13.2. The van der Waals surface area contributed by atoms with E-state index >= 15 is 0 Å². The first-order chi connectivity index (χ1) is 12.7. The lowest BCUT2D eigenvalue weighted by molar-refractivity contribution is 0.0954. The van der Waals surface area contributed by atoms with Gasteiger partial charge in [-0.3, -0.25) is 9.59 Å². The summed E-state index contributed by atoms with van der Waals surface area (Å²) < 4.78 is 5.43. The molecule has 1 heterocycles. The Balaban J connectivity index is 1.85. The van der Waals surface area contributed by atoms with Gasteiger partial charge < -0.3 is 9.64 Å². The Morgan fingerprint density at radius 2 is 1.50 bits per heavy atom. The molecule has 2 aromatic carbocycles. The second-order valence-corrected chi connectivity index (χ2v) is 7.38. The van der Waals surface area contributed by atoms with Crippen molar-refractivity contribution in [2.45, 2.75) is 17.7 Å². The van der Waals surface area contributed by atoms with Gasteiger partial charge in [0.15, 0.2) is 0 Å². The fraction of sp³-hybridized carbons (Fsp3) is 0.238. The molecule has 4 rings (SSSR count). The summed E-state index contributed by atoms with van der Waals surface area (Å²) in [5.41, 5.74) is 1.53. The van der Waals surface area contributed by atoms with Crippen molar-refractivity contribution in [1.82, 2.24) is 4.90 Å². The summed E-state index contributed by atoms with van der Waals surface area (Å²) >= 11 is 1.33. The number of fused-ring (bicyclic) bond motifs is 1. The zero-order valence-electron chi connectivity index (χ0n) is 14.5. The highest BCUT2D eigenvalue weighted by Crippen LogP contribution is 2.41. The largest absolute Gasteiger partial charge is 0.496 e. The second-order valence-electron chi connectivity index (χ2n) is 6.33. The Labute approximate surface area is 156 Å². The maximum absolute atomic E-state index is 13.2. The SMILES string of the molecule is COc1ccccc1SC1=C(N2CCCC2)C(=O)c2ccccc2C1=O. The van der Waals surface area contributed by atoms with Crippen molar-refractivity contribution in [3.63, 3.8) is 0 Å². The molecule has 2 aromatic rings. The van der Waals surface area contributed by atoms with E-state index in [0.29, 0.717) is 27.5 Å². The molecule has 0 atom stereocenters. The van der Waals surface area contributed by atoms with E-state index in [2.05, 4.69) is 4.90 Å². The molecule has 0 unspecified atom stereocenters. The van der Waals surface area contributed by atoms with Gasteiger partial charge >= 0.3 is 0 Å². The van der Waals surface area contributed by atoms with Gasteiger partial charge in [-0.1, -0.05) is 48.2 Å². The molecule has 1 fully saturated rings. The van der Waals surface area contributed by atoms with E-state index in [4.69, 9.17) is 4.74 Å². The average Bonchev–Trinajstić information content (AvgIpc) is 3.20. The molecular weight excluding hydrogens is 346 g/mol. The number of likely N-dealkylation sites (tertiary alicyclic amines) is 1. The van der Waals surface area contributed by atoms with Crippen molar-refractivity contribution >= 4 is 23.3 Å². The molecule has 1 aliphatic heterocycles. The van der Waals surface area contributed by atoms with E-state index in [-0.39, 0.29) is 11.6 Å². The van der Waals surface area contributed by atoms with Crippen LogP contribution in [0.2, 0.25) is 0 Å². The van der Waals surface area contributed by atoms with Crippen LogP contribution in [0.3, 0.4) is 0 Å². The van der Waals surface area contributed by atoms with Crippen LogP contribution < -0.4 is 4.74 Å². The third kappa shape index (κ3) is 2.82. The van der Waals surface area contributed by atoms with Crippen LogP contribution in [-0.2, 0) is 0 Å². The van der Waals surface area contributed by atoms with Crippen molar-refractivity contribution in [2.75, 3.05) is 20.2 Å². The number of Topliss-reactive ketones (excluding diaryl/α,β-unsaturated/α-hetero) is 2. The lowest BCUT2D eigenvalue weighted by Gasteiger charge is -2.27. The minimum Gasteiger partial charge on any atom is -0.496 e. The molecule has 0 spiro atoms. The van der Waals surface area contributed by atoms with E-state index < -0.39 is 0 Å². The zero-order chi connectivity index (χ0) is 18.1. The predicted octanol–water partition coefficient (Wildman–Crippen LogP) is 4.17. The number of nitrogens with zero attached hydrogens (tertiary/aromatic N) is 1. The van der Waals surface area contributed by atoms with Crippen LogP contribution in [0.1, 0.15) is 33.6 Å². The number of thioether (sulfide) groups is 1. The Morgan fingerprint density at radius 3 is 2.19 bits per heavy atom. The predicted molar refractivity (Wildman–Crippen MR) is 102 cm³/mol. The highest BCUT2D eigenvalue weighted by molar-refractivity contribution is 8.04. The van der Waals surface area contributed by atoms with Gasteiger partial charge in [0.05, 0.1) is 16.9 Å². The number of para-hydroxylation sites is 1. The quantitative estimate of drug-likeness (QED) is 0.814. The number of benzene rings is 2. The van der Waals surface area contributed by atoms with Crippen LogP contribution in [0.15, 0.2) is 64.0 Å². The lowest BCUT2D eigenvalue weighted by atomic mass is 9.92. The first-order valence-electron chi connectivity index (χ1n) is 8.69.